The average molecular weight is 269 g/mol. The second-order valence-corrected chi connectivity index (χ2v) is 3.82. The SMILES string of the molecule is Nc1cc(-c2ccccc2OC(F)(F)F)ccc1O. The highest BCUT2D eigenvalue weighted by Gasteiger charge is 2.32. The lowest BCUT2D eigenvalue weighted by atomic mass is 10.0. The summed E-state index contributed by atoms with van der Waals surface area (Å²) >= 11 is 0. The van der Waals surface area contributed by atoms with Gasteiger partial charge in [-0.15, -0.1) is 13.2 Å². The lowest BCUT2D eigenvalue weighted by Crippen LogP contribution is -2.17. The summed E-state index contributed by atoms with van der Waals surface area (Å²) in [6.45, 7) is 0. The monoisotopic (exact) mass is 269 g/mol. The van der Waals surface area contributed by atoms with Gasteiger partial charge in [-0.05, 0) is 23.8 Å². The second-order valence-electron chi connectivity index (χ2n) is 3.82. The van der Waals surface area contributed by atoms with E-state index in [1.807, 2.05) is 0 Å². The first-order chi connectivity index (χ1) is 8.87. The molecule has 3 nitrogen and oxygen atoms in total. The number of nitrogen functional groups attached to an aromatic ring is 1. The van der Waals surface area contributed by atoms with Crippen molar-refractivity contribution < 1.29 is 23.0 Å². The summed E-state index contributed by atoms with van der Waals surface area (Å²) in [4.78, 5) is 0. The van der Waals surface area contributed by atoms with Crippen molar-refractivity contribution in [3.8, 4) is 22.6 Å². The van der Waals surface area contributed by atoms with Crippen LogP contribution in [0.25, 0.3) is 11.1 Å². The molecule has 0 radical (unpaired) electrons. The van der Waals surface area contributed by atoms with Crippen molar-refractivity contribution >= 4 is 5.69 Å². The van der Waals surface area contributed by atoms with Gasteiger partial charge in [-0.25, -0.2) is 0 Å². The third kappa shape index (κ3) is 3.09. The Bertz CT molecular complexity index is 597. The van der Waals surface area contributed by atoms with E-state index in [4.69, 9.17) is 5.73 Å². The third-order valence-electron chi connectivity index (χ3n) is 2.45. The van der Waals surface area contributed by atoms with E-state index in [0.29, 0.717) is 5.56 Å². The molecule has 0 aliphatic carbocycles. The van der Waals surface area contributed by atoms with E-state index in [-0.39, 0.29) is 22.7 Å². The minimum atomic E-state index is -4.77. The predicted molar refractivity (Wildman–Crippen MR) is 64.6 cm³/mol. The van der Waals surface area contributed by atoms with E-state index in [9.17, 15) is 18.3 Å². The molecule has 2 aromatic rings. The molecule has 0 amide bonds. The maximum absolute atomic E-state index is 12.3. The van der Waals surface area contributed by atoms with Crippen molar-refractivity contribution in [2.45, 2.75) is 6.36 Å². The number of phenolic OH excluding ortho intramolecular Hbond substituents is 1. The molecule has 3 N–H and O–H groups in total. The largest absolute Gasteiger partial charge is 0.573 e. The van der Waals surface area contributed by atoms with Crippen molar-refractivity contribution in [2.75, 3.05) is 5.73 Å². The van der Waals surface area contributed by atoms with Gasteiger partial charge in [-0.3, -0.25) is 0 Å². The van der Waals surface area contributed by atoms with Crippen LogP contribution in [0.2, 0.25) is 0 Å². The topological polar surface area (TPSA) is 55.5 Å². The number of ether oxygens (including phenoxy) is 1. The summed E-state index contributed by atoms with van der Waals surface area (Å²) in [5.74, 6) is -0.446. The standard InChI is InChI=1S/C13H10F3NO2/c14-13(15,16)19-12-4-2-1-3-9(12)8-5-6-11(18)10(17)7-8/h1-7,18H,17H2. The van der Waals surface area contributed by atoms with Crippen LogP contribution in [0.4, 0.5) is 18.9 Å². The molecule has 19 heavy (non-hydrogen) atoms. The Morgan fingerprint density at radius 2 is 1.74 bits per heavy atom. The van der Waals surface area contributed by atoms with Crippen LogP contribution >= 0.6 is 0 Å². The number of para-hydroxylation sites is 1. The molecule has 0 saturated carbocycles. The molecule has 0 spiro atoms. The molecule has 0 saturated heterocycles. The van der Waals surface area contributed by atoms with Gasteiger partial charge >= 0.3 is 6.36 Å². The number of nitrogens with two attached hydrogens (primary N) is 1. The van der Waals surface area contributed by atoms with Crippen LogP contribution in [0, 0.1) is 0 Å². The zero-order chi connectivity index (χ0) is 14.0. The van der Waals surface area contributed by atoms with Crippen molar-refractivity contribution in [2.24, 2.45) is 0 Å². The van der Waals surface area contributed by atoms with Crippen molar-refractivity contribution in [3.63, 3.8) is 0 Å². The minimum absolute atomic E-state index is 0.0827. The van der Waals surface area contributed by atoms with Crippen molar-refractivity contribution in [3.05, 3.63) is 42.5 Å². The Kier molecular flexibility index (Phi) is 3.25. The fraction of sp³-hybridized carbons (Fsp3) is 0.0769. The van der Waals surface area contributed by atoms with E-state index >= 15 is 0 Å². The predicted octanol–water partition coefficient (Wildman–Crippen LogP) is 3.54. The van der Waals surface area contributed by atoms with Gasteiger partial charge in [-0.1, -0.05) is 24.3 Å². The zero-order valence-corrected chi connectivity index (χ0v) is 9.61. The number of hydrogen-bond donors (Lipinski definition) is 2. The van der Waals surface area contributed by atoms with Gasteiger partial charge < -0.3 is 15.6 Å². The summed E-state index contributed by atoms with van der Waals surface area (Å²) in [5.41, 5.74) is 6.27. The number of rotatable bonds is 2. The van der Waals surface area contributed by atoms with Crippen molar-refractivity contribution in [1.29, 1.82) is 0 Å². The quantitative estimate of drug-likeness (QED) is 0.647. The first-order valence-corrected chi connectivity index (χ1v) is 5.30. The molecular formula is C13H10F3NO2. The summed E-state index contributed by atoms with van der Waals surface area (Å²) < 4.78 is 40.8. The molecule has 0 heterocycles. The highest BCUT2D eigenvalue weighted by molar-refractivity contribution is 5.74. The van der Waals surface area contributed by atoms with Gasteiger partial charge in [0.15, 0.2) is 0 Å². The Hall–Kier alpha value is -2.37. The third-order valence-corrected chi connectivity index (χ3v) is 2.45. The number of benzene rings is 2. The van der Waals surface area contributed by atoms with E-state index in [0.717, 1.165) is 0 Å². The number of alkyl halides is 3. The van der Waals surface area contributed by atoms with Crippen LogP contribution in [0.5, 0.6) is 11.5 Å². The molecule has 100 valence electrons. The lowest BCUT2D eigenvalue weighted by molar-refractivity contribution is -0.274. The molecule has 0 aliphatic heterocycles. The zero-order valence-electron chi connectivity index (χ0n) is 9.61. The van der Waals surface area contributed by atoms with Gasteiger partial charge in [0.1, 0.15) is 11.5 Å². The number of hydrogen-bond acceptors (Lipinski definition) is 3. The first kappa shape index (κ1) is 13.1. The Balaban J connectivity index is 2.47. The lowest BCUT2D eigenvalue weighted by Gasteiger charge is -2.13. The van der Waals surface area contributed by atoms with Gasteiger partial charge in [-0.2, -0.15) is 0 Å². The molecule has 0 fully saturated rings. The molecule has 6 heteroatoms. The molecule has 0 bridgehead atoms. The number of halogens is 3. The Labute approximate surface area is 107 Å². The molecule has 0 aliphatic rings. The number of aromatic hydroxyl groups is 1. The fourth-order valence-corrected chi connectivity index (χ4v) is 1.64. The number of anilines is 1. The van der Waals surface area contributed by atoms with Gasteiger partial charge in [0.2, 0.25) is 0 Å². The normalized spacial score (nSPS) is 11.3. The van der Waals surface area contributed by atoms with Crippen molar-refractivity contribution in [1.82, 2.24) is 0 Å². The summed E-state index contributed by atoms with van der Waals surface area (Å²) in [5, 5.41) is 9.31. The molecule has 0 aromatic heterocycles. The van der Waals surface area contributed by atoms with Gasteiger partial charge in [0.05, 0.1) is 5.69 Å². The fourth-order valence-electron chi connectivity index (χ4n) is 1.64. The minimum Gasteiger partial charge on any atom is -0.506 e. The highest BCUT2D eigenvalue weighted by atomic mass is 19.4. The smallest absolute Gasteiger partial charge is 0.506 e. The maximum Gasteiger partial charge on any atom is 0.573 e. The first-order valence-electron chi connectivity index (χ1n) is 5.30. The van der Waals surface area contributed by atoms with E-state index < -0.39 is 6.36 Å². The van der Waals surface area contributed by atoms with E-state index in [1.165, 1.54) is 36.4 Å². The Morgan fingerprint density at radius 3 is 2.37 bits per heavy atom. The van der Waals surface area contributed by atoms with Crippen LogP contribution < -0.4 is 10.5 Å². The molecular weight excluding hydrogens is 259 g/mol. The van der Waals surface area contributed by atoms with Gasteiger partial charge in [0.25, 0.3) is 0 Å². The number of phenols is 1. The Morgan fingerprint density at radius 1 is 1.05 bits per heavy atom. The van der Waals surface area contributed by atoms with Crippen LogP contribution in [0.1, 0.15) is 0 Å². The summed E-state index contributed by atoms with van der Waals surface area (Å²) in [7, 11) is 0. The molecule has 0 atom stereocenters. The van der Waals surface area contributed by atoms with Crippen LogP contribution in [0.15, 0.2) is 42.5 Å². The van der Waals surface area contributed by atoms with E-state index in [2.05, 4.69) is 4.74 Å². The van der Waals surface area contributed by atoms with Crippen LogP contribution in [-0.2, 0) is 0 Å². The average Bonchev–Trinajstić information content (AvgIpc) is 2.31. The van der Waals surface area contributed by atoms with E-state index in [1.54, 1.807) is 6.07 Å². The second kappa shape index (κ2) is 4.72. The highest BCUT2D eigenvalue weighted by Crippen LogP contribution is 2.35. The molecule has 0 unspecified atom stereocenters. The molecule has 2 aromatic carbocycles. The van der Waals surface area contributed by atoms with Gasteiger partial charge in [0, 0.05) is 5.56 Å². The molecule has 2 rings (SSSR count). The van der Waals surface area contributed by atoms with Crippen LogP contribution in [-0.4, -0.2) is 11.5 Å². The van der Waals surface area contributed by atoms with Crippen LogP contribution in [0.3, 0.4) is 0 Å². The summed E-state index contributed by atoms with van der Waals surface area (Å²) in [6.07, 6.45) is -4.77. The maximum atomic E-state index is 12.3. The summed E-state index contributed by atoms with van der Waals surface area (Å²) in [6, 6.07) is 9.88.